The summed E-state index contributed by atoms with van der Waals surface area (Å²) in [6, 6.07) is 0.396. The molecule has 0 saturated carbocycles. The standard InChI is InChI=1S/C13H27NO2/c1-7-13(6,12(15)16)9-14(11(4)5)8-10(2)3/h10-11H,7-9H2,1-6H3,(H,15,16). The molecular formula is C13H27NO2. The van der Waals surface area contributed by atoms with E-state index in [2.05, 4.69) is 32.6 Å². The Balaban J connectivity index is 4.65. The summed E-state index contributed by atoms with van der Waals surface area (Å²) in [5.41, 5.74) is -0.626. The molecule has 0 heterocycles. The molecule has 0 aliphatic heterocycles. The van der Waals surface area contributed by atoms with Crippen molar-refractivity contribution in [2.75, 3.05) is 13.1 Å². The van der Waals surface area contributed by atoms with Crippen molar-refractivity contribution >= 4 is 5.97 Å². The van der Waals surface area contributed by atoms with E-state index in [-0.39, 0.29) is 0 Å². The molecule has 0 aromatic carbocycles. The SMILES string of the molecule is CCC(C)(CN(CC(C)C)C(C)C)C(=O)O. The van der Waals surface area contributed by atoms with Gasteiger partial charge in [-0.1, -0.05) is 20.8 Å². The monoisotopic (exact) mass is 229 g/mol. The number of aliphatic carboxylic acids is 1. The van der Waals surface area contributed by atoms with Crippen LogP contribution in [0.4, 0.5) is 0 Å². The van der Waals surface area contributed by atoms with Crippen LogP contribution in [0, 0.1) is 11.3 Å². The Bertz CT molecular complexity index is 226. The predicted octanol–water partition coefficient (Wildman–Crippen LogP) is 2.85. The molecule has 0 aliphatic rings. The fraction of sp³-hybridized carbons (Fsp3) is 0.923. The van der Waals surface area contributed by atoms with E-state index in [1.807, 2.05) is 13.8 Å². The highest BCUT2D eigenvalue weighted by Crippen LogP contribution is 2.24. The van der Waals surface area contributed by atoms with Crippen LogP contribution in [0.3, 0.4) is 0 Å². The van der Waals surface area contributed by atoms with Gasteiger partial charge in [0, 0.05) is 19.1 Å². The number of hydrogen-bond donors (Lipinski definition) is 1. The molecule has 0 aromatic rings. The zero-order valence-electron chi connectivity index (χ0n) is 11.6. The Morgan fingerprint density at radius 1 is 1.31 bits per heavy atom. The second kappa shape index (κ2) is 6.24. The van der Waals surface area contributed by atoms with E-state index in [1.54, 1.807) is 0 Å². The summed E-state index contributed by atoms with van der Waals surface area (Å²) in [5, 5.41) is 9.27. The number of carboxylic acid groups (broad SMARTS) is 1. The van der Waals surface area contributed by atoms with Crippen LogP contribution in [0.1, 0.15) is 48.0 Å². The van der Waals surface area contributed by atoms with Crippen molar-refractivity contribution in [3.05, 3.63) is 0 Å². The van der Waals surface area contributed by atoms with Crippen molar-refractivity contribution in [2.24, 2.45) is 11.3 Å². The number of carboxylic acids is 1. The maximum Gasteiger partial charge on any atom is 0.310 e. The number of carbonyl (C=O) groups is 1. The third-order valence-corrected chi connectivity index (χ3v) is 3.18. The quantitative estimate of drug-likeness (QED) is 0.729. The van der Waals surface area contributed by atoms with Crippen LogP contribution in [-0.2, 0) is 4.79 Å². The molecule has 16 heavy (non-hydrogen) atoms. The van der Waals surface area contributed by atoms with Gasteiger partial charge in [-0.05, 0) is 33.1 Å². The summed E-state index contributed by atoms with van der Waals surface area (Å²) in [7, 11) is 0. The molecule has 0 saturated heterocycles. The van der Waals surface area contributed by atoms with Crippen LogP contribution in [0.15, 0.2) is 0 Å². The highest BCUT2D eigenvalue weighted by atomic mass is 16.4. The van der Waals surface area contributed by atoms with Crippen molar-refractivity contribution in [1.29, 1.82) is 0 Å². The van der Waals surface area contributed by atoms with Crippen LogP contribution in [-0.4, -0.2) is 35.1 Å². The Kier molecular flexibility index (Phi) is 6.01. The first-order chi connectivity index (χ1) is 7.23. The van der Waals surface area contributed by atoms with Gasteiger partial charge in [-0.25, -0.2) is 0 Å². The molecule has 96 valence electrons. The fourth-order valence-electron chi connectivity index (χ4n) is 1.71. The first-order valence-corrected chi connectivity index (χ1v) is 6.20. The van der Waals surface area contributed by atoms with Crippen molar-refractivity contribution in [3.8, 4) is 0 Å². The molecule has 0 bridgehead atoms. The molecule has 0 rings (SSSR count). The van der Waals surface area contributed by atoms with Crippen molar-refractivity contribution in [3.63, 3.8) is 0 Å². The van der Waals surface area contributed by atoms with E-state index >= 15 is 0 Å². The van der Waals surface area contributed by atoms with Gasteiger partial charge in [-0.3, -0.25) is 9.69 Å². The van der Waals surface area contributed by atoms with E-state index in [4.69, 9.17) is 0 Å². The highest BCUT2D eigenvalue weighted by molar-refractivity contribution is 5.74. The molecule has 3 nitrogen and oxygen atoms in total. The Morgan fingerprint density at radius 3 is 2.06 bits per heavy atom. The van der Waals surface area contributed by atoms with Crippen LogP contribution in [0.2, 0.25) is 0 Å². The van der Waals surface area contributed by atoms with E-state index in [0.29, 0.717) is 24.9 Å². The summed E-state index contributed by atoms with van der Waals surface area (Å²) in [4.78, 5) is 13.5. The lowest BCUT2D eigenvalue weighted by Crippen LogP contribution is -2.45. The Hall–Kier alpha value is -0.570. The van der Waals surface area contributed by atoms with E-state index in [1.165, 1.54) is 0 Å². The molecule has 0 radical (unpaired) electrons. The average molecular weight is 229 g/mol. The first kappa shape index (κ1) is 15.4. The third-order valence-electron chi connectivity index (χ3n) is 3.18. The molecule has 0 spiro atoms. The van der Waals surface area contributed by atoms with Gasteiger partial charge in [0.25, 0.3) is 0 Å². The summed E-state index contributed by atoms with van der Waals surface area (Å²) in [6.07, 6.45) is 0.670. The molecule has 0 fully saturated rings. The van der Waals surface area contributed by atoms with Gasteiger partial charge in [0.15, 0.2) is 0 Å². The fourth-order valence-corrected chi connectivity index (χ4v) is 1.71. The van der Waals surface area contributed by atoms with Crippen LogP contribution in [0.5, 0.6) is 0 Å². The average Bonchev–Trinajstić information content (AvgIpc) is 2.15. The van der Waals surface area contributed by atoms with Crippen LogP contribution in [0.25, 0.3) is 0 Å². The molecule has 1 unspecified atom stereocenters. The molecule has 1 N–H and O–H groups in total. The van der Waals surface area contributed by atoms with E-state index in [9.17, 15) is 9.90 Å². The Labute approximate surface area is 99.8 Å². The van der Waals surface area contributed by atoms with Gasteiger partial charge in [0.05, 0.1) is 5.41 Å². The van der Waals surface area contributed by atoms with Crippen LogP contribution < -0.4 is 0 Å². The summed E-state index contributed by atoms with van der Waals surface area (Å²) >= 11 is 0. The maximum absolute atomic E-state index is 11.3. The predicted molar refractivity (Wildman–Crippen MR) is 67.6 cm³/mol. The van der Waals surface area contributed by atoms with Gasteiger partial charge in [0.2, 0.25) is 0 Å². The molecular weight excluding hydrogens is 202 g/mol. The normalized spacial score (nSPS) is 15.8. The molecule has 0 aliphatic carbocycles. The van der Waals surface area contributed by atoms with E-state index in [0.717, 1.165) is 6.54 Å². The summed E-state index contributed by atoms with van der Waals surface area (Å²) in [6.45, 7) is 14.0. The lowest BCUT2D eigenvalue weighted by Gasteiger charge is -2.35. The molecule has 3 heteroatoms. The lowest BCUT2D eigenvalue weighted by atomic mass is 9.86. The molecule has 0 amide bonds. The number of nitrogens with zero attached hydrogens (tertiary/aromatic N) is 1. The summed E-state index contributed by atoms with van der Waals surface area (Å²) in [5.74, 6) is -0.123. The van der Waals surface area contributed by atoms with Crippen molar-refractivity contribution < 1.29 is 9.90 Å². The van der Waals surface area contributed by atoms with Gasteiger partial charge in [-0.15, -0.1) is 0 Å². The third kappa shape index (κ3) is 4.52. The molecule has 0 aromatic heterocycles. The largest absolute Gasteiger partial charge is 0.481 e. The van der Waals surface area contributed by atoms with Gasteiger partial charge in [-0.2, -0.15) is 0 Å². The summed E-state index contributed by atoms with van der Waals surface area (Å²) < 4.78 is 0. The van der Waals surface area contributed by atoms with Gasteiger partial charge < -0.3 is 5.11 Å². The Morgan fingerprint density at radius 2 is 1.81 bits per heavy atom. The topological polar surface area (TPSA) is 40.5 Å². The zero-order chi connectivity index (χ0) is 12.9. The minimum atomic E-state index is -0.690. The second-order valence-corrected chi connectivity index (χ2v) is 5.64. The van der Waals surface area contributed by atoms with E-state index < -0.39 is 11.4 Å². The maximum atomic E-state index is 11.3. The molecule has 1 atom stereocenters. The first-order valence-electron chi connectivity index (χ1n) is 6.20. The highest BCUT2D eigenvalue weighted by Gasteiger charge is 2.34. The minimum Gasteiger partial charge on any atom is -0.481 e. The van der Waals surface area contributed by atoms with Crippen molar-refractivity contribution in [1.82, 2.24) is 4.90 Å². The number of rotatable bonds is 7. The lowest BCUT2D eigenvalue weighted by molar-refractivity contribution is -0.149. The van der Waals surface area contributed by atoms with Crippen LogP contribution >= 0.6 is 0 Å². The van der Waals surface area contributed by atoms with Gasteiger partial charge in [0.1, 0.15) is 0 Å². The zero-order valence-corrected chi connectivity index (χ0v) is 11.6. The second-order valence-electron chi connectivity index (χ2n) is 5.64. The smallest absolute Gasteiger partial charge is 0.310 e. The number of hydrogen-bond acceptors (Lipinski definition) is 2. The van der Waals surface area contributed by atoms with Gasteiger partial charge >= 0.3 is 5.97 Å². The van der Waals surface area contributed by atoms with Crippen molar-refractivity contribution in [2.45, 2.75) is 54.0 Å². The minimum absolute atomic E-state index is 0.396.